The number of hydrogen-bond donors (Lipinski definition) is 2. The highest BCUT2D eigenvalue weighted by atomic mass is 16.2. The summed E-state index contributed by atoms with van der Waals surface area (Å²) < 4.78 is 0. The van der Waals surface area contributed by atoms with Crippen molar-refractivity contribution in [2.45, 2.75) is 44.7 Å². The van der Waals surface area contributed by atoms with Gasteiger partial charge in [0, 0.05) is 0 Å². The second-order valence-electron chi connectivity index (χ2n) is 5.40. The van der Waals surface area contributed by atoms with Crippen LogP contribution in [0.3, 0.4) is 0 Å². The van der Waals surface area contributed by atoms with E-state index in [-0.39, 0.29) is 11.9 Å². The zero-order chi connectivity index (χ0) is 13.2. The molecule has 18 heavy (non-hydrogen) atoms. The largest absolute Gasteiger partial charge is 0.348 e. The Morgan fingerprint density at radius 3 is 2.56 bits per heavy atom. The van der Waals surface area contributed by atoms with Crippen molar-refractivity contribution in [2.75, 3.05) is 0 Å². The van der Waals surface area contributed by atoms with Crippen molar-refractivity contribution >= 4 is 5.91 Å². The average molecular weight is 246 g/mol. The minimum absolute atomic E-state index is 0.0271. The molecule has 1 saturated carbocycles. The van der Waals surface area contributed by atoms with Gasteiger partial charge in [-0.1, -0.05) is 37.3 Å². The fourth-order valence-corrected chi connectivity index (χ4v) is 2.29. The van der Waals surface area contributed by atoms with E-state index in [0.717, 1.165) is 24.8 Å². The highest BCUT2D eigenvalue weighted by molar-refractivity contribution is 5.86. The van der Waals surface area contributed by atoms with Crippen molar-refractivity contribution in [3.8, 4) is 0 Å². The third-order valence-electron chi connectivity index (χ3n) is 3.83. The molecule has 1 fully saturated rings. The van der Waals surface area contributed by atoms with Gasteiger partial charge in [0.15, 0.2) is 0 Å². The van der Waals surface area contributed by atoms with E-state index in [1.165, 1.54) is 0 Å². The molecule has 2 atom stereocenters. The van der Waals surface area contributed by atoms with Crippen molar-refractivity contribution in [1.82, 2.24) is 5.32 Å². The van der Waals surface area contributed by atoms with E-state index in [4.69, 9.17) is 5.73 Å². The molecule has 1 aromatic carbocycles. The summed E-state index contributed by atoms with van der Waals surface area (Å²) in [5.41, 5.74) is 6.55. The van der Waals surface area contributed by atoms with E-state index in [9.17, 15) is 4.79 Å². The summed E-state index contributed by atoms with van der Waals surface area (Å²) in [6.45, 7) is 3.92. The third-order valence-corrected chi connectivity index (χ3v) is 3.83. The predicted octanol–water partition coefficient (Wildman–Crippen LogP) is 2.38. The van der Waals surface area contributed by atoms with E-state index >= 15 is 0 Å². The summed E-state index contributed by atoms with van der Waals surface area (Å²) in [4.78, 5) is 12.3. The zero-order valence-corrected chi connectivity index (χ0v) is 11.1. The van der Waals surface area contributed by atoms with Gasteiger partial charge >= 0.3 is 0 Å². The highest BCUT2D eigenvalue weighted by Gasteiger charge is 2.44. The molecular formula is C15H22N2O. The van der Waals surface area contributed by atoms with Crippen LogP contribution in [0.2, 0.25) is 0 Å². The Kier molecular flexibility index (Phi) is 3.71. The van der Waals surface area contributed by atoms with E-state index < -0.39 is 5.54 Å². The lowest BCUT2D eigenvalue weighted by molar-refractivity contribution is -0.127. The lowest BCUT2D eigenvalue weighted by atomic mass is 9.94. The van der Waals surface area contributed by atoms with E-state index in [1.807, 2.05) is 37.3 Å². The van der Waals surface area contributed by atoms with Crippen molar-refractivity contribution in [1.29, 1.82) is 0 Å². The van der Waals surface area contributed by atoms with Crippen LogP contribution >= 0.6 is 0 Å². The van der Waals surface area contributed by atoms with Crippen molar-refractivity contribution in [3.63, 3.8) is 0 Å². The fourth-order valence-electron chi connectivity index (χ4n) is 2.29. The van der Waals surface area contributed by atoms with Gasteiger partial charge in [0.05, 0.1) is 11.6 Å². The second kappa shape index (κ2) is 5.11. The molecule has 0 bridgehead atoms. The summed E-state index contributed by atoms with van der Waals surface area (Å²) in [7, 11) is 0. The Morgan fingerprint density at radius 1 is 1.44 bits per heavy atom. The maximum absolute atomic E-state index is 12.3. The van der Waals surface area contributed by atoms with Crippen LogP contribution in [0.1, 0.15) is 44.7 Å². The molecule has 0 radical (unpaired) electrons. The van der Waals surface area contributed by atoms with Crippen molar-refractivity contribution < 1.29 is 4.79 Å². The Bertz CT molecular complexity index is 410. The van der Waals surface area contributed by atoms with Gasteiger partial charge in [-0.15, -0.1) is 0 Å². The molecule has 2 rings (SSSR count). The van der Waals surface area contributed by atoms with Crippen LogP contribution in [0, 0.1) is 5.92 Å². The number of carbonyl (C=O) groups is 1. The fraction of sp³-hybridized carbons (Fsp3) is 0.533. The van der Waals surface area contributed by atoms with Gasteiger partial charge in [0.25, 0.3) is 0 Å². The first kappa shape index (κ1) is 13.1. The smallest absolute Gasteiger partial charge is 0.240 e. The van der Waals surface area contributed by atoms with Gasteiger partial charge in [0.2, 0.25) is 5.91 Å². The minimum Gasteiger partial charge on any atom is -0.348 e. The first-order valence-electron chi connectivity index (χ1n) is 6.70. The summed E-state index contributed by atoms with van der Waals surface area (Å²) in [6.07, 6.45) is 3.02. The summed E-state index contributed by atoms with van der Waals surface area (Å²) in [6, 6.07) is 10.1. The van der Waals surface area contributed by atoms with Crippen LogP contribution in [0.5, 0.6) is 0 Å². The monoisotopic (exact) mass is 246 g/mol. The number of nitrogens with two attached hydrogens (primary N) is 1. The molecule has 1 aromatic rings. The Morgan fingerprint density at radius 2 is 2.06 bits per heavy atom. The first-order chi connectivity index (χ1) is 8.55. The average Bonchev–Trinajstić information content (AvgIpc) is 3.21. The van der Waals surface area contributed by atoms with E-state index in [0.29, 0.717) is 5.92 Å². The second-order valence-corrected chi connectivity index (χ2v) is 5.40. The number of carbonyl (C=O) groups excluding carboxylic acids is 1. The topological polar surface area (TPSA) is 55.1 Å². The molecule has 2 unspecified atom stereocenters. The van der Waals surface area contributed by atoms with Crippen molar-refractivity contribution in [3.05, 3.63) is 35.9 Å². The number of amides is 1. The number of nitrogens with one attached hydrogen (secondary N) is 1. The zero-order valence-electron chi connectivity index (χ0n) is 11.1. The molecule has 3 heteroatoms. The van der Waals surface area contributed by atoms with Crippen LogP contribution in [0.15, 0.2) is 30.3 Å². The van der Waals surface area contributed by atoms with Gasteiger partial charge in [-0.25, -0.2) is 0 Å². The van der Waals surface area contributed by atoms with Crippen LogP contribution < -0.4 is 11.1 Å². The molecule has 98 valence electrons. The highest BCUT2D eigenvalue weighted by Crippen LogP contribution is 2.38. The molecule has 1 amide bonds. The van der Waals surface area contributed by atoms with Crippen LogP contribution in [0.25, 0.3) is 0 Å². The summed E-state index contributed by atoms with van der Waals surface area (Å²) >= 11 is 0. The van der Waals surface area contributed by atoms with Gasteiger partial charge in [-0.3, -0.25) is 4.79 Å². The summed E-state index contributed by atoms with van der Waals surface area (Å²) in [5, 5.41) is 3.08. The Hall–Kier alpha value is -1.35. The SMILES string of the molecule is CCC(NC(=O)C(C)(N)C1CC1)c1ccccc1. The lowest BCUT2D eigenvalue weighted by Gasteiger charge is -2.27. The first-order valence-corrected chi connectivity index (χ1v) is 6.70. The van der Waals surface area contributed by atoms with Gasteiger partial charge < -0.3 is 11.1 Å². The van der Waals surface area contributed by atoms with Gasteiger partial charge in [-0.2, -0.15) is 0 Å². The molecular weight excluding hydrogens is 224 g/mol. The molecule has 0 aromatic heterocycles. The van der Waals surface area contributed by atoms with Crippen LogP contribution in [0.4, 0.5) is 0 Å². The molecule has 1 aliphatic carbocycles. The number of rotatable bonds is 5. The molecule has 1 aliphatic rings. The van der Waals surface area contributed by atoms with Crippen molar-refractivity contribution in [2.24, 2.45) is 11.7 Å². The molecule has 0 saturated heterocycles. The van der Waals surface area contributed by atoms with Crippen LogP contribution in [-0.4, -0.2) is 11.4 Å². The van der Waals surface area contributed by atoms with E-state index in [2.05, 4.69) is 12.2 Å². The summed E-state index contributed by atoms with van der Waals surface area (Å²) in [5.74, 6) is 0.325. The number of hydrogen-bond acceptors (Lipinski definition) is 2. The molecule has 0 heterocycles. The van der Waals surface area contributed by atoms with E-state index in [1.54, 1.807) is 0 Å². The van der Waals surface area contributed by atoms with Crippen LogP contribution in [-0.2, 0) is 4.79 Å². The Labute approximate surface area is 109 Å². The normalized spacial score (nSPS) is 19.9. The van der Waals surface area contributed by atoms with Gasteiger partial charge in [0.1, 0.15) is 0 Å². The van der Waals surface area contributed by atoms with Gasteiger partial charge in [-0.05, 0) is 37.7 Å². The molecule has 3 nitrogen and oxygen atoms in total. The third kappa shape index (κ3) is 2.72. The quantitative estimate of drug-likeness (QED) is 0.838. The Balaban J connectivity index is 2.05. The minimum atomic E-state index is -0.720. The standard InChI is InChI=1S/C15H22N2O/c1-3-13(11-7-5-4-6-8-11)17-14(18)15(2,16)12-9-10-12/h4-8,12-13H,3,9-10,16H2,1-2H3,(H,17,18). The molecule has 0 aliphatic heterocycles. The maximum atomic E-state index is 12.3. The molecule has 0 spiro atoms. The molecule has 3 N–H and O–H groups in total. The maximum Gasteiger partial charge on any atom is 0.240 e. The number of benzene rings is 1. The predicted molar refractivity (Wildman–Crippen MR) is 72.9 cm³/mol. The lowest BCUT2D eigenvalue weighted by Crippen LogP contribution is -2.54.